The summed E-state index contributed by atoms with van der Waals surface area (Å²) in [5.74, 6) is 0.810. The van der Waals surface area contributed by atoms with Crippen LogP contribution in [0.4, 0.5) is 0 Å². The lowest BCUT2D eigenvalue weighted by atomic mass is 10.5. The zero-order valence-electron chi connectivity index (χ0n) is 7.83. The highest BCUT2D eigenvalue weighted by molar-refractivity contribution is 9.10. The van der Waals surface area contributed by atoms with Crippen molar-refractivity contribution in [2.24, 2.45) is 0 Å². The molecule has 1 rings (SSSR count). The van der Waals surface area contributed by atoms with Crippen LogP contribution in [-0.4, -0.2) is 37.1 Å². The van der Waals surface area contributed by atoms with Crippen molar-refractivity contribution in [3.05, 3.63) is 22.9 Å². The van der Waals surface area contributed by atoms with Gasteiger partial charge >= 0.3 is 0 Å². The standard InChI is InChI=1S/C9H13BrN2O/c1-12(2)5-6-13-8-3-4-9(10)11-7-8/h3-4,7H,5-6H2,1-2H3. The number of ether oxygens (including phenoxy) is 1. The Morgan fingerprint density at radius 2 is 2.23 bits per heavy atom. The van der Waals surface area contributed by atoms with Crippen molar-refractivity contribution in [1.82, 2.24) is 9.88 Å². The fourth-order valence-corrected chi connectivity index (χ4v) is 1.03. The van der Waals surface area contributed by atoms with Gasteiger partial charge in [-0.05, 0) is 42.2 Å². The van der Waals surface area contributed by atoms with Crippen LogP contribution in [0.2, 0.25) is 0 Å². The van der Waals surface area contributed by atoms with E-state index >= 15 is 0 Å². The molecule has 0 aromatic carbocycles. The molecule has 0 N–H and O–H groups in total. The van der Waals surface area contributed by atoms with E-state index in [0.717, 1.165) is 16.9 Å². The molecule has 4 heteroatoms. The summed E-state index contributed by atoms with van der Waals surface area (Å²) >= 11 is 3.26. The fourth-order valence-electron chi connectivity index (χ4n) is 0.794. The molecule has 0 fully saturated rings. The minimum absolute atomic E-state index is 0.691. The number of hydrogen-bond donors (Lipinski definition) is 0. The van der Waals surface area contributed by atoms with E-state index in [4.69, 9.17) is 4.74 Å². The molecule has 1 heterocycles. The summed E-state index contributed by atoms with van der Waals surface area (Å²) in [6, 6.07) is 3.76. The third-order valence-electron chi connectivity index (χ3n) is 1.51. The minimum atomic E-state index is 0.691. The second kappa shape index (κ2) is 5.19. The van der Waals surface area contributed by atoms with E-state index in [9.17, 15) is 0 Å². The monoisotopic (exact) mass is 244 g/mol. The van der Waals surface area contributed by atoms with Gasteiger partial charge in [-0.15, -0.1) is 0 Å². The van der Waals surface area contributed by atoms with Crippen molar-refractivity contribution in [2.75, 3.05) is 27.2 Å². The Balaban J connectivity index is 2.33. The summed E-state index contributed by atoms with van der Waals surface area (Å²) < 4.78 is 6.27. The predicted octanol–water partition coefficient (Wildman–Crippen LogP) is 1.78. The maximum absolute atomic E-state index is 5.45. The number of aromatic nitrogens is 1. The molecule has 0 amide bonds. The van der Waals surface area contributed by atoms with E-state index in [1.165, 1.54) is 0 Å². The van der Waals surface area contributed by atoms with Crippen molar-refractivity contribution in [3.63, 3.8) is 0 Å². The van der Waals surface area contributed by atoms with Crippen LogP contribution in [0, 0.1) is 0 Å². The SMILES string of the molecule is CN(C)CCOc1ccc(Br)nc1. The molecule has 3 nitrogen and oxygen atoms in total. The van der Waals surface area contributed by atoms with Gasteiger partial charge in [-0.2, -0.15) is 0 Å². The first-order valence-corrected chi connectivity index (χ1v) is 4.87. The fraction of sp³-hybridized carbons (Fsp3) is 0.444. The van der Waals surface area contributed by atoms with Gasteiger partial charge in [0.2, 0.25) is 0 Å². The molecular formula is C9H13BrN2O. The van der Waals surface area contributed by atoms with Gasteiger partial charge in [0.05, 0.1) is 6.20 Å². The number of rotatable bonds is 4. The molecule has 0 radical (unpaired) electrons. The Bertz CT molecular complexity index is 248. The maximum atomic E-state index is 5.45. The van der Waals surface area contributed by atoms with E-state index in [2.05, 4.69) is 25.8 Å². The molecule has 1 aromatic heterocycles. The van der Waals surface area contributed by atoms with Crippen LogP contribution in [0.1, 0.15) is 0 Å². The zero-order chi connectivity index (χ0) is 9.68. The van der Waals surface area contributed by atoms with Gasteiger partial charge in [0.1, 0.15) is 17.0 Å². The summed E-state index contributed by atoms with van der Waals surface area (Å²) in [5.41, 5.74) is 0. The number of nitrogens with zero attached hydrogens (tertiary/aromatic N) is 2. The molecule has 0 aliphatic carbocycles. The normalized spacial score (nSPS) is 10.5. The first-order valence-electron chi connectivity index (χ1n) is 4.07. The van der Waals surface area contributed by atoms with Crippen LogP contribution in [0.5, 0.6) is 5.75 Å². The Morgan fingerprint density at radius 3 is 2.77 bits per heavy atom. The zero-order valence-corrected chi connectivity index (χ0v) is 9.41. The molecule has 0 saturated heterocycles. The van der Waals surface area contributed by atoms with Crippen LogP contribution in [-0.2, 0) is 0 Å². The highest BCUT2D eigenvalue weighted by Crippen LogP contribution is 2.12. The molecule has 13 heavy (non-hydrogen) atoms. The Kier molecular flexibility index (Phi) is 4.18. The van der Waals surface area contributed by atoms with Crippen molar-refractivity contribution in [2.45, 2.75) is 0 Å². The lowest BCUT2D eigenvalue weighted by Gasteiger charge is -2.10. The molecular weight excluding hydrogens is 232 g/mol. The van der Waals surface area contributed by atoms with Crippen molar-refractivity contribution in [1.29, 1.82) is 0 Å². The smallest absolute Gasteiger partial charge is 0.137 e. The molecule has 0 spiro atoms. The van der Waals surface area contributed by atoms with Crippen molar-refractivity contribution < 1.29 is 4.74 Å². The van der Waals surface area contributed by atoms with Crippen LogP contribution < -0.4 is 4.74 Å². The second-order valence-corrected chi connectivity index (χ2v) is 3.78. The van der Waals surface area contributed by atoms with Gasteiger partial charge in [0, 0.05) is 6.54 Å². The van der Waals surface area contributed by atoms with Gasteiger partial charge in [0.15, 0.2) is 0 Å². The van der Waals surface area contributed by atoms with Gasteiger partial charge in [-0.1, -0.05) is 0 Å². The Labute approximate surface area is 86.9 Å². The van der Waals surface area contributed by atoms with E-state index in [1.807, 2.05) is 26.2 Å². The maximum Gasteiger partial charge on any atom is 0.137 e. The van der Waals surface area contributed by atoms with Gasteiger partial charge in [0.25, 0.3) is 0 Å². The molecule has 0 aliphatic heterocycles. The summed E-state index contributed by atoms with van der Waals surface area (Å²) in [4.78, 5) is 6.13. The molecule has 0 atom stereocenters. The van der Waals surface area contributed by atoms with Gasteiger partial charge < -0.3 is 9.64 Å². The molecule has 0 saturated carbocycles. The molecule has 0 unspecified atom stereocenters. The van der Waals surface area contributed by atoms with Crippen molar-refractivity contribution in [3.8, 4) is 5.75 Å². The molecule has 0 aliphatic rings. The first kappa shape index (κ1) is 10.5. The van der Waals surface area contributed by atoms with Gasteiger partial charge in [-0.25, -0.2) is 4.98 Å². The minimum Gasteiger partial charge on any atom is -0.491 e. The van der Waals surface area contributed by atoms with Crippen LogP contribution in [0.15, 0.2) is 22.9 Å². The van der Waals surface area contributed by atoms with E-state index in [-0.39, 0.29) is 0 Å². The van der Waals surface area contributed by atoms with Crippen molar-refractivity contribution >= 4 is 15.9 Å². The third-order valence-corrected chi connectivity index (χ3v) is 1.98. The summed E-state index contributed by atoms with van der Waals surface area (Å²) in [7, 11) is 4.03. The quantitative estimate of drug-likeness (QED) is 0.756. The molecule has 1 aromatic rings. The largest absolute Gasteiger partial charge is 0.491 e. The van der Waals surface area contributed by atoms with Gasteiger partial charge in [-0.3, -0.25) is 0 Å². The number of halogens is 1. The first-order chi connectivity index (χ1) is 6.18. The lowest BCUT2D eigenvalue weighted by Crippen LogP contribution is -2.19. The molecule has 72 valence electrons. The Morgan fingerprint density at radius 1 is 1.46 bits per heavy atom. The van der Waals surface area contributed by atoms with E-state index in [1.54, 1.807) is 6.20 Å². The predicted molar refractivity (Wildman–Crippen MR) is 56.0 cm³/mol. The Hall–Kier alpha value is -0.610. The topological polar surface area (TPSA) is 25.4 Å². The lowest BCUT2D eigenvalue weighted by molar-refractivity contribution is 0.260. The highest BCUT2D eigenvalue weighted by Gasteiger charge is 1.94. The van der Waals surface area contributed by atoms with E-state index < -0.39 is 0 Å². The van der Waals surface area contributed by atoms with Crippen LogP contribution in [0.25, 0.3) is 0 Å². The summed E-state index contributed by atoms with van der Waals surface area (Å²) in [6.45, 7) is 1.60. The number of hydrogen-bond acceptors (Lipinski definition) is 3. The van der Waals surface area contributed by atoms with Crippen LogP contribution in [0.3, 0.4) is 0 Å². The van der Waals surface area contributed by atoms with Crippen LogP contribution >= 0.6 is 15.9 Å². The number of pyridine rings is 1. The summed E-state index contributed by atoms with van der Waals surface area (Å²) in [6.07, 6.45) is 1.71. The average molecular weight is 245 g/mol. The van der Waals surface area contributed by atoms with E-state index in [0.29, 0.717) is 6.61 Å². The highest BCUT2D eigenvalue weighted by atomic mass is 79.9. The third kappa shape index (κ3) is 4.24. The summed E-state index contributed by atoms with van der Waals surface area (Å²) in [5, 5.41) is 0. The second-order valence-electron chi connectivity index (χ2n) is 2.97. The average Bonchev–Trinajstić information content (AvgIpc) is 2.08. The molecule has 0 bridgehead atoms. The number of likely N-dealkylation sites (N-methyl/N-ethyl adjacent to an activating group) is 1.